The van der Waals surface area contributed by atoms with E-state index < -0.39 is 0 Å². The van der Waals surface area contributed by atoms with Gasteiger partial charge < -0.3 is 14.8 Å². The van der Waals surface area contributed by atoms with Crippen LogP contribution in [-0.4, -0.2) is 64.5 Å². The molecule has 4 rings (SSSR count). The van der Waals surface area contributed by atoms with Gasteiger partial charge >= 0.3 is 6.01 Å². The molecule has 3 aromatic rings. The van der Waals surface area contributed by atoms with Gasteiger partial charge in [0.2, 0.25) is 0 Å². The Labute approximate surface area is 170 Å². The van der Waals surface area contributed by atoms with Crippen LogP contribution in [0.5, 0.6) is 11.8 Å². The van der Waals surface area contributed by atoms with Gasteiger partial charge in [-0.15, -0.1) is 0 Å². The van der Waals surface area contributed by atoms with E-state index in [0.717, 1.165) is 63.6 Å². The molecule has 1 aliphatic heterocycles. The van der Waals surface area contributed by atoms with Gasteiger partial charge in [0.1, 0.15) is 5.75 Å². The van der Waals surface area contributed by atoms with E-state index in [-0.39, 0.29) is 0 Å². The number of tetrazole rings is 1. The van der Waals surface area contributed by atoms with E-state index in [2.05, 4.69) is 31.8 Å². The van der Waals surface area contributed by atoms with Crippen molar-refractivity contribution in [1.29, 1.82) is 0 Å². The number of para-hydroxylation sites is 1. The van der Waals surface area contributed by atoms with Crippen molar-refractivity contribution >= 4 is 0 Å². The Morgan fingerprint density at radius 3 is 2.76 bits per heavy atom. The molecule has 1 aromatic heterocycles. The van der Waals surface area contributed by atoms with E-state index in [1.54, 1.807) is 4.68 Å². The summed E-state index contributed by atoms with van der Waals surface area (Å²) < 4.78 is 12.9. The van der Waals surface area contributed by atoms with Crippen LogP contribution in [0.25, 0.3) is 5.69 Å². The van der Waals surface area contributed by atoms with E-state index in [4.69, 9.17) is 9.47 Å². The lowest BCUT2D eigenvalue weighted by atomic mass is 10.2. The molecule has 8 heteroatoms. The monoisotopic (exact) mass is 394 g/mol. The van der Waals surface area contributed by atoms with Crippen molar-refractivity contribution in [3.8, 4) is 17.4 Å². The van der Waals surface area contributed by atoms with Crippen molar-refractivity contribution in [1.82, 2.24) is 30.4 Å². The van der Waals surface area contributed by atoms with Gasteiger partial charge in [-0.2, -0.15) is 4.68 Å². The third kappa shape index (κ3) is 5.60. The molecule has 0 saturated carbocycles. The number of hydrogen-bond acceptors (Lipinski definition) is 7. The van der Waals surface area contributed by atoms with Crippen molar-refractivity contribution in [3.05, 3.63) is 60.2 Å². The predicted octanol–water partition coefficient (Wildman–Crippen LogP) is 2.27. The van der Waals surface area contributed by atoms with Gasteiger partial charge in [-0.1, -0.05) is 35.4 Å². The molecular weight excluding hydrogens is 368 g/mol. The molecule has 0 unspecified atom stereocenters. The molecule has 1 N–H and O–H groups in total. The van der Waals surface area contributed by atoms with Crippen molar-refractivity contribution in [2.24, 2.45) is 0 Å². The smallest absolute Gasteiger partial charge is 0.345 e. The zero-order chi connectivity index (χ0) is 19.7. The van der Waals surface area contributed by atoms with Gasteiger partial charge in [-0.25, -0.2) is 0 Å². The number of nitrogens with one attached hydrogen (secondary N) is 1. The maximum atomic E-state index is 5.93. The highest BCUT2D eigenvalue weighted by Crippen LogP contribution is 2.22. The lowest BCUT2D eigenvalue weighted by molar-refractivity contribution is 0.0374. The van der Waals surface area contributed by atoms with Gasteiger partial charge in [0.25, 0.3) is 0 Å². The molecule has 1 saturated heterocycles. The van der Waals surface area contributed by atoms with Crippen LogP contribution in [0, 0.1) is 0 Å². The molecule has 8 nitrogen and oxygen atoms in total. The largest absolute Gasteiger partial charge is 0.423 e. The lowest BCUT2D eigenvalue weighted by Gasteiger charge is -2.26. The van der Waals surface area contributed by atoms with E-state index in [1.165, 1.54) is 0 Å². The highest BCUT2D eigenvalue weighted by Gasteiger charge is 2.11. The maximum absolute atomic E-state index is 5.93. The summed E-state index contributed by atoms with van der Waals surface area (Å²) >= 11 is 0. The minimum absolute atomic E-state index is 0.340. The van der Waals surface area contributed by atoms with Crippen LogP contribution in [0.4, 0.5) is 0 Å². The summed E-state index contributed by atoms with van der Waals surface area (Å²) in [6, 6.07) is 18.0. The molecule has 1 fully saturated rings. The third-order valence-corrected chi connectivity index (χ3v) is 4.81. The Kier molecular flexibility index (Phi) is 6.80. The summed E-state index contributed by atoms with van der Waals surface area (Å²) in [5.74, 6) is 0.713. The summed E-state index contributed by atoms with van der Waals surface area (Å²) in [6.07, 6.45) is 1.13. The number of hydrogen-bond donors (Lipinski definition) is 1. The molecule has 2 aromatic carbocycles. The van der Waals surface area contributed by atoms with Crippen molar-refractivity contribution in [3.63, 3.8) is 0 Å². The average Bonchev–Trinajstić information content (AvgIpc) is 3.23. The van der Waals surface area contributed by atoms with E-state index in [9.17, 15) is 0 Å². The first-order valence-corrected chi connectivity index (χ1v) is 10.00. The highest BCUT2D eigenvalue weighted by atomic mass is 16.5. The minimum atomic E-state index is 0.340. The molecule has 0 aliphatic carbocycles. The predicted molar refractivity (Wildman–Crippen MR) is 109 cm³/mol. The first-order valence-electron chi connectivity index (χ1n) is 10.00. The molecule has 0 amide bonds. The molecule has 1 aliphatic rings. The lowest BCUT2D eigenvalue weighted by Crippen LogP contribution is -2.37. The Hall–Kier alpha value is -2.81. The van der Waals surface area contributed by atoms with Crippen LogP contribution >= 0.6 is 0 Å². The SMILES string of the molecule is c1ccc(-n2nnnc2Oc2cccc(CNCCCN3CCOCC3)c2)cc1. The van der Waals surface area contributed by atoms with Crippen molar-refractivity contribution in [2.45, 2.75) is 13.0 Å². The average molecular weight is 394 g/mol. The molecule has 0 atom stereocenters. The fraction of sp³-hybridized carbons (Fsp3) is 0.381. The summed E-state index contributed by atoms with van der Waals surface area (Å²) in [5, 5.41) is 15.3. The first kappa shape index (κ1) is 19.5. The molecule has 152 valence electrons. The van der Waals surface area contributed by atoms with Crippen LogP contribution in [0.1, 0.15) is 12.0 Å². The summed E-state index contributed by atoms with van der Waals surface area (Å²) in [6.45, 7) is 6.69. The number of ether oxygens (including phenoxy) is 2. The summed E-state index contributed by atoms with van der Waals surface area (Å²) in [7, 11) is 0. The van der Waals surface area contributed by atoms with Gasteiger partial charge in [0.15, 0.2) is 0 Å². The number of rotatable bonds is 9. The molecule has 2 heterocycles. The van der Waals surface area contributed by atoms with Crippen LogP contribution in [0.3, 0.4) is 0 Å². The number of aromatic nitrogens is 4. The Morgan fingerprint density at radius 2 is 1.90 bits per heavy atom. The Balaban J connectivity index is 1.28. The maximum Gasteiger partial charge on any atom is 0.345 e. The minimum Gasteiger partial charge on any atom is -0.423 e. The zero-order valence-electron chi connectivity index (χ0n) is 16.4. The van der Waals surface area contributed by atoms with Crippen LogP contribution in [0.15, 0.2) is 54.6 Å². The van der Waals surface area contributed by atoms with Crippen molar-refractivity contribution < 1.29 is 9.47 Å². The van der Waals surface area contributed by atoms with Gasteiger partial charge in [-0.3, -0.25) is 4.90 Å². The van der Waals surface area contributed by atoms with Crippen LogP contribution in [-0.2, 0) is 11.3 Å². The zero-order valence-corrected chi connectivity index (χ0v) is 16.4. The second-order valence-electron chi connectivity index (χ2n) is 6.94. The van der Waals surface area contributed by atoms with E-state index in [1.807, 2.05) is 48.5 Å². The molecule has 0 radical (unpaired) electrons. The number of morpholine rings is 1. The Morgan fingerprint density at radius 1 is 1.03 bits per heavy atom. The fourth-order valence-corrected chi connectivity index (χ4v) is 3.28. The molecule has 29 heavy (non-hydrogen) atoms. The normalized spacial score (nSPS) is 14.8. The van der Waals surface area contributed by atoms with E-state index >= 15 is 0 Å². The van der Waals surface area contributed by atoms with Crippen LogP contribution < -0.4 is 10.1 Å². The fourth-order valence-electron chi connectivity index (χ4n) is 3.28. The van der Waals surface area contributed by atoms with Crippen LogP contribution in [0.2, 0.25) is 0 Å². The highest BCUT2D eigenvalue weighted by molar-refractivity contribution is 5.34. The Bertz CT molecular complexity index is 880. The summed E-state index contributed by atoms with van der Waals surface area (Å²) in [4.78, 5) is 2.45. The van der Waals surface area contributed by atoms with Crippen molar-refractivity contribution in [2.75, 3.05) is 39.4 Å². The molecular formula is C21H26N6O2. The molecule has 0 bridgehead atoms. The van der Waals surface area contributed by atoms with Gasteiger partial charge in [0, 0.05) is 19.6 Å². The van der Waals surface area contributed by atoms with E-state index in [0.29, 0.717) is 11.8 Å². The first-order chi connectivity index (χ1) is 14.4. The second kappa shape index (κ2) is 10.1. The third-order valence-electron chi connectivity index (χ3n) is 4.81. The number of nitrogens with zero attached hydrogens (tertiary/aromatic N) is 5. The second-order valence-corrected chi connectivity index (χ2v) is 6.94. The number of benzene rings is 2. The standard InChI is InChI=1S/C21H26N6O2/c1-2-7-19(8-3-1)27-21(23-24-25-27)29-20-9-4-6-18(16-20)17-22-10-5-11-26-12-14-28-15-13-26/h1-4,6-9,16,22H,5,10-15,17H2. The summed E-state index contributed by atoms with van der Waals surface area (Å²) in [5.41, 5.74) is 2.01. The quantitative estimate of drug-likeness (QED) is 0.558. The van der Waals surface area contributed by atoms with Gasteiger partial charge in [0.05, 0.1) is 18.9 Å². The topological polar surface area (TPSA) is 77.3 Å². The molecule has 0 spiro atoms. The van der Waals surface area contributed by atoms with Gasteiger partial charge in [-0.05, 0) is 59.8 Å².